The van der Waals surface area contributed by atoms with Gasteiger partial charge in [0.25, 0.3) is 0 Å². The van der Waals surface area contributed by atoms with E-state index < -0.39 is 0 Å². The number of rotatable bonds is 3. The standard InChI is InChI=1S/C15H26N4O/c1-12-11-19(8-5-9-20-12)15-17-16-14(18(15)2)10-13-6-3-4-7-13/h12-13H,3-11H2,1-2H3/t12-/m1/s1. The van der Waals surface area contributed by atoms with Crippen LogP contribution in [-0.2, 0) is 18.2 Å². The second-order valence-electron chi connectivity index (χ2n) is 6.31. The van der Waals surface area contributed by atoms with Crippen LogP contribution in [0.25, 0.3) is 0 Å². The van der Waals surface area contributed by atoms with Gasteiger partial charge in [-0.3, -0.25) is 0 Å². The average molecular weight is 278 g/mol. The number of aromatic nitrogens is 3. The molecule has 2 fully saturated rings. The van der Waals surface area contributed by atoms with Crippen molar-refractivity contribution in [2.45, 2.75) is 51.6 Å². The van der Waals surface area contributed by atoms with Crippen molar-refractivity contribution in [1.82, 2.24) is 14.8 Å². The number of hydrogen-bond donors (Lipinski definition) is 0. The first-order valence-electron chi connectivity index (χ1n) is 7.99. The first-order valence-corrected chi connectivity index (χ1v) is 7.99. The van der Waals surface area contributed by atoms with Gasteiger partial charge in [0.05, 0.1) is 6.10 Å². The molecule has 1 atom stereocenters. The number of hydrogen-bond acceptors (Lipinski definition) is 4. The Hall–Kier alpha value is -1.10. The van der Waals surface area contributed by atoms with Gasteiger partial charge >= 0.3 is 0 Å². The molecule has 112 valence electrons. The van der Waals surface area contributed by atoms with Crippen LogP contribution in [0.3, 0.4) is 0 Å². The van der Waals surface area contributed by atoms with E-state index in [1.54, 1.807) is 0 Å². The van der Waals surface area contributed by atoms with Crippen molar-refractivity contribution in [2.24, 2.45) is 13.0 Å². The van der Waals surface area contributed by atoms with E-state index in [0.29, 0.717) is 0 Å². The molecule has 0 radical (unpaired) electrons. The van der Waals surface area contributed by atoms with E-state index in [-0.39, 0.29) is 6.10 Å². The fourth-order valence-corrected chi connectivity index (χ4v) is 3.45. The van der Waals surface area contributed by atoms with Crippen LogP contribution < -0.4 is 4.90 Å². The van der Waals surface area contributed by atoms with Crippen LogP contribution in [0.4, 0.5) is 5.95 Å². The van der Waals surface area contributed by atoms with Crippen molar-refractivity contribution in [3.8, 4) is 0 Å². The highest BCUT2D eigenvalue weighted by atomic mass is 16.5. The maximum Gasteiger partial charge on any atom is 0.227 e. The van der Waals surface area contributed by atoms with Gasteiger partial charge in [-0.05, 0) is 19.3 Å². The lowest BCUT2D eigenvalue weighted by Gasteiger charge is -2.22. The quantitative estimate of drug-likeness (QED) is 0.850. The predicted molar refractivity (Wildman–Crippen MR) is 78.9 cm³/mol. The predicted octanol–water partition coefficient (Wildman–Crippen LogP) is 2.16. The summed E-state index contributed by atoms with van der Waals surface area (Å²) < 4.78 is 7.90. The summed E-state index contributed by atoms with van der Waals surface area (Å²) in [4.78, 5) is 2.32. The van der Waals surface area contributed by atoms with Gasteiger partial charge < -0.3 is 14.2 Å². The Morgan fingerprint density at radius 2 is 2.00 bits per heavy atom. The minimum atomic E-state index is 0.271. The van der Waals surface area contributed by atoms with Crippen molar-refractivity contribution in [1.29, 1.82) is 0 Å². The van der Waals surface area contributed by atoms with Gasteiger partial charge in [0.15, 0.2) is 0 Å². The molecule has 5 heteroatoms. The smallest absolute Gasteiger partial charge is 0.227 e. The minimum Gasteiger partial charge on any atom is -0.377 e. The van der Waals surface area contributed by atoms with Crippen LogP contribution in [0.1, 0.15) is 44.9 Å². The molecule has 2 heterocycles. The summed E-state index contributed by atoms with van der Waals surface area (Å²) >= 11 is 0. The highest BCUT2D eigenvalue weighted by Gasteiger charge is 2.23. The van der Waals surface area contributed by atoms with Gasteiger partial charge in [-0.1, -0.05) is 25.7 Å². The van der Waals surface area contributed by atoms with E-state index in [1.165, 1.54) is 25.7 Å². The molecule has 1 saturated carbocycles. The third-order valence-corrected chi connectivity index (χ3v) is 4.62. The Morgan fingerprint density at radius 3 is 2.80 bits per heavy atom. The lowest BCUT2D eigenvalue weighted by atomic mass is 10.0. The van der Waals surface area contributed by atoms with Crippen molar-refractivity contribution in [2.75, 3.05) is 24.6 Å². The molecule has 1 aromatic heterocycles. The molecule has 0 bridgehead atoms. The summed E-state index contributed by atoms with van der Waals surface area (Å²) in [6.45, 7) is 4.91. The summed E-state index contributed by atoms with van der Waals surface area (Å²) in [6.07, 6.45) is 7.91. The molecule has 0 aromatic carbocycles. The van der Waals surface area contributed by atoms with Crippen LogP contribution in [-0.4, -0.2) is 40.6 Å². The van der Waals surface area contributed by atoms with Gasteiger partial charge in [-0.15, -0.1) is 10.2 Å². The molecule has 1 aliphatic carbocycles. The fourth-order valence-electron chi connectivity index (χ4n) is 3.45. The van der Waals surface area contributed by atoms with Crippen LogP contribution in [0.2, 0.25) is 0 Å². The summed E-state index contributed by atoms with van der Waals surface area (Å²) in [6, 6.07) is 0. The Labute approximate surface area is 121 Å². The number of ether oxygens (including phenoxy) is 1. The summed E-state index contributed by atoms with van der Waals surface area (Å²) in [5, 5.41) is 8.88. The minimum absolute atomic E-state index is 0.271. The maximum absolute atomic E-state index is 5.71. The third-order valence-electron chi connectivity index (χ3n) is 4.62. The molecule has 0 unspecified atom stereocenters. The van der Waals surface area contributed by atoms with E-state index in [1.807, 2.05) is 0 Å². The van der Waals surface area contributed by atoms with Gasteiger partial charge in [-0.2, -0.15) is 0 Å². The summed E-state index contributed by atoms with van der Waals surface area (Å²) in [7, 11) is 2.11. The first-order chi connectivity index (χ1) is 9.74. The Morgan fingerprint density at radius 1 is 1.20 bits per heavy atom. The average Bonchev–Trinajstić information content (AvgIpc) is 3.00. The Kier molecular flexibility index (Phi) is 4.24. The van der Waals surface area contributed by atoms with Crippen molar-refractivity contribution in [3.05, 3.63) is 5.82 Å². The van der Waals surface area contributed by atoms with E-state index >= 15 is 0 Å². The van der Waals surface area contributed by atoms with Gasteiger partial charge in [-0.25, -0.2) is 0 Å². The highest BCUT2D eigenvalue weighted by Crippen LogP contribution is 2.28. The molecule has 1 aromatic rings. The van der Waals surface area contributed by atoms with Gasteiger partial charge in [0, 0.05) is 33.2 Å². The van der Waals surface area contributed by atoms with Crippen molar-refractivity contribution in [3.63, 3.8) is 0 Å². The third kappa shape index (κ3) is 2.97. The molecule has 2 aliphatic rings. The normalized spacial score (nSPS) is 25.1. The maximum atomic E-state index is 5.71. The zero-order chi connectivity index (χ0) is 13.9. The zero-order valence-electron chi connectivity index (χ0n) is 12.7. The Balaban J connectivity index is 1.71. The fraction of sp³-hybridized carbons (Fsp3) is 0.867. The Bertz CT molecular complexity index is 439. The molecule has 20 heavy (non-hydrogen) atoms. The molecule has 3 rings (SSSR count). The number of anilines is 1. The van der Waals surface area contributed by atoms with Crippen LogP contribution in [0.15, 0.2) is 0 Å². The largest absolute Gasteiger partial charge is 0.377 e. The molecule has 1 saturated heterocycles. The van der Waals surface area contributed by atoms with Crippen LogP contribution in [0, 0.1) is 5.92 Å². The van der Waals surface area contributed by atoms with Gasteiger partial charge in [0.1, 0.15) is 5.82 Å². The van der Waals surface area contributed by atoms with Crippen molar-refractivity contribution >= 4 is 5.95 Å². The van der Waals surface area contributed by atoms with Crippen LogP contribution in [0.5, 0.6) is 0 Å². The molecule has 0 amide bonds. The van der Waals surface area contributed by atoms with Gasteiger partial charge in [0.2, 0.25) is 5.95 Å². The SMILES string of the molecule is C[C@@H]1CN(c2nnc(CC3CCCC3)n2C)CCCO1. The van der Waals surface area contributed by atoms with Crippen LogP contribution >= 0.6 is 0 Å². The summed E-state index contributed by atoms with van der Waals surface area (Å²) in [5.41, 5.74) is 0. The zero-order valence-corrected chi connectivity index (χ0v) is 12.7. The van der Waals surface area contributed by atoms with Crippen molar-refractivity contribution < 1.29 is 4.74 Å². The topological polar surface area (TPSA) is 43.2 Å². The van der Waals surface area contributed by atoms with E-state index in [0.717, 1.165) is 50.2 Å². The summed E-state index contributed by atoms with van der Waals surface area (Å²) in [5.74, 6) is 2.97. The molecular weight excluding hydrogens is 252 g/mol. The first kappa shape index (κ1) is 13.9. The second-order valence-corrected chi connectivity index (χ2v) is 6.31. The highest BCUT2D eigenvalue weighted by molar-refractivity contribution is 5.31. The monoisotopic (exact) mass is 278 g/mol. The molecule has 0 spiro atoms. The molecule has 1 aliphatic heterocycles. The molecule has 0 N–H and O–H groups in total. The molecule has 5 nitrogen and oxygen atoms in total. The lowest BCUT2D eigenvalue weighted by Crippen LogP contribution is -2.32. The lowest BCUT2D eigenvalue weighted by molar-refractivity contribution is 0.0820. The molecular formula is C15H26N4O. The second kappa shape index (κ2) is 6.12. The van der Waals surface area contributed by atoms with E-state index in [2.05, 4.69) is 33.6 Å². The van der Waals surface area contributed by atoms with E-state index in [9.17, 15) is 0 Å². The van der Waals surface area contributed by atoms with E-state index in [4.69, 9.17) is 4.74 Å². The number of nitrogens with zero attached hydrogens (tertiary/aromatic N) is 4.